The Morgan fingerprint density at radius 3 is 2.05 bits per heavy atom. The average Bonchev–Trinajstić information content (AvgIpc) is 2.25. The van der Waals surface area contributed by atoms with Crippen LogP contribution in [-0.2, 0) is 14.8 Å². The number of hydrogen-bond donors (Lipinski definition) is 1. The van der Waals surface area contributed by atoms with Crippen molar-refractivity contribution in [3.8, 4) is 0 Å². The largest absolute Gasteiger partial charge is 0.348 e. The molecule has 1 fully saturated rings. The maximum absolute atomic E-state index is 12.4. The zero-order valence-corrected chi connectivity index (χ0v) is 13.7. The fraction of sp³-hybridized carbons (Fsp3) is 0.909. The van der Waals surface area contributed by atoms with Crippen LogP contribution in [0.4, 0.5) is 0 Å². The van der Waals surface area contributed by atoms with Gasteiger partial charge in [-0.05, 0) is 20.8 Å². The van der Waals surface area contributed by atoms with Crippen LogP contribution in [-0.4, -0.2) is 68.0 Å². The van der Waals surface area contributed by atoms with E-state index in [0.717, 1.165) is 0 Å². The second-order valence-corrected chi connectivity index (χ2v) is 7.46. The molecule has 19 heavy (non-hydrogen) atoms. The van der Waals surface area contributed by atoms with Gasteiger partial charge in [0.15, 0.2) is 5.25 Å². The van der Waals surface area contributed by atoms with Gasteiger partial charge in [0.2, 0.25) is 15.9 Å². The first-order chi connectivity index (χ1) is 8.16. The molecule has 3 unspecified atom stereocenters. The minimum Gasteiger partial charge on any atom is -0.348 e. The molecule has 1 aliphatic heterocycles. The molecule has 1 aliphatic rings. The van der Waals surface area contributed by atoms with Gasteiger partial charge < -0.3 is 10.2 Å². The number of amides is 1. The van der Waals surface area contributed by atoms with E-state index in [2.05, 4.69) is 5.32 Å². The predicted molar refractivity (Wildman–Crippen MR) is 78.0 cm³/mol. The minimum absolute atomic E-state index is 0. The molecule has 3 atom stereocenters. The molecule has 1 rings (SSSR count). The molecule has 1 N–H and O–H groups in total. The molecule has 8 heteroatoms. The highest BCUT2D eigenvalue weighted by molar-refractivity contribution is 7.90. The third-order valence-electron chi connectivity index (χ3n) is 3.12. The van der Waals surface area contributed by atoms with Crippen molar-refractivity contribution in [1.82, 2.24) is 14.5 Å². The first-order valence-corrected chi connectivity index (χ1v) is 7.62. The van der Waals surface area contributed by atoms with Crippen LogP contribution >= 0.6 is 12.4 Å². The standard InChI is InChI=1S/C11H23N3O3S.ClH/c1-8-6-14(7-9(2)12-8)18(16,17)10(3)11(15)13(4)5;/h8-10,12H,6-7H2,1-5H3;1H. The fourth-order valence-corrected chi connectivity index (χ4v) is 3.97. The van der Waals surface area contributed by atoms with Crippen LogP contribution in [0.1, 0.15) is 20.8 Å². The Kier molecular flexibility index (Phi) is 6.74. The number of sulfonamides is 1. The lowest BCUT2D eigenvalue weighted by molar-refractivity contribution is -0.128. The number of halogens is 1. The third kappa shape index (κ3) is 4.30. The molecule has 0 radical (unpaired) electrons. The summed E-state index contributed by atoms with van der Waals surface area (Å²) in [6, 6.07) is 0.204. The van der Waals surface area contributed by atoms with Crippen LogP contribution in [0.2, 0.25) is 0 Å². The monoisotopic (exact) mass is 313 g/mol. The molecule has 114 valence electrons. The highest BCUT2D eigenvalue weighted by Crippen LogP contribution is 2.15. The zero-order chi connectivity index (χ0) is 14.1. The molecule has 0 aromatic heterocycles. The highest BCUT2D eigenvalue weighted by Gasteiger charge is 2.37. The summed E-state index contributed by atoms with van der Waals surface area (Å²) in [5.74, 6) is -0.381. The van der Waals surface area contributed by atoms with Gasteiger partial charge in [0.25, 0.3) is 0 Å². The van der Waals surface area contributed by atoms with Crippen LogP contribution in [0.5, 0.6) is 0 Å². The Balaban J connectivity index is 0.00000324. The molecule has 1 amide bonds. The number of carbonyl (C=O) groups is 1. The Bertz CT molecular complexity index is 403. The van der Waals surface area contributed by atoms with Crippen molar-refractivity contribution in [1.29, 1.82) is 0 Å². The Labute approximate surface area is 122 Å². The maximum atomic E-state index is 12.4. The average molecular weight is 314 g/mol. The number of piperazine rings is 1. The van der Waals surface area contributed by atoms with Gasteiger partial charge in [-0.1, -0.05) is 0 Å². The van der Waals surface area contributed by atoms with Gasteiger partial charge in [0.1, 0.15) is 0 Å². The van der Waals surface area contributed by atoms with Crippen molar-refractivity contribution >= 4 is 28.3 Å². The van der Waals surface area contributed by atoms with Crippen LogP contribution in [0.3, 0.4) is 0 Å². The van der Waals surface area contributed by atoms with Crippen molar-refractivity contribution in [3.05, 3.63) is 0 Å². The smallest absolute Gasteiger partial charge is 0.241 e. The van der Waals surface area contributed by atoms with E-state index in [1.165, 1.54) is 16.1 Å². The van der Waals surface area contributed by atoms with Crippen molar-refractivity contribution in [2.45, 2.75) is 38.1 Å². The number of nitrogens with one attached hydrogen (secondary N) is 1. The number of rotatable bonds is 3. The van der Waals surface area contributed by atoms with Crippen molar-refractivity contribution < 1.29 is 13.2 Å². The fourth-order valence-electron chi connectivity index (χ4n) is 2.20. The Morgan fingerprint density at radius 2 is 1.68 bits per heavy atom. The first-order valence-electron chi connectivity index (χ1n) is 6.12. The molecular weight excluding hydrogens is 290 g/mol. The molecule has 0 aromatic rings. The van der Waals surface area contributed by atoms with Gasteiger partial charge in [-0.2, -0.15) is 4.31 Å². The molecule has 0 aliphatic carbocycles. The lowest BCUT2D eigenvalue weighted by Crippen LogP contribution is -2.58. The van der Waals surface area contributed by atoms with E-state index in [1.807, 2.05) is 13.8 Å². The molecule has 6 nitrogen and oxygen atoms in total. The molecular formula is C11H24ClN3O3S. The molecule has 0 saturated carbocycles. The topological polar surface area (TPSA) is 69.7 Å². The van der Waals surface area contributed by atoms with E-state index in [9.17, 15) is 13.2 Å². The molecule has 0 aromatic carbocycles. The van der Waals surface area contributed by atoms with E-state index in [0.29, 0.717) is 13.1 Å². The molecule has 1 heterocycles. The summed E-state index contributed by atoms with van der Waals surface area (Å²) in [5.41, 5.74) is 0. The summed E-state index contributed by atoms with van der Waals surface area (Å²) < 4.78 is 26.2. The van der Waals surface area contributed by atoms with E-state index in [1.54, 1.807) is 14.1 Å². The van der Waals surface area contributed by atoms with Gasteiger partial charge in [-0.25, -0.2) is 8.42 Å². The van der Waals surface area contributed by atoms with E-state index < -0.39 is 15.3 Å². The summed E-state index contributed by atoms with van der Waals surface area (Å²) in [6.07, 6.45) is 0. The van der Waals surface area contributed by atoms with E-state index >= 15 is 0 Å². The highest BCUT2D eigenvalue weighted by atomic mass is 35.5. The lowest BCUT2D eigenvalue weighted by atomic mass is 10.2. The summed E-state index contributed by atoms with van der Waals surface area (Å²) in [6.45, 7) is 6.16. The molecule has 0 bridgehead atoms. The number of hydrogen-bond acceptors (Lipinski definition) is 4. The van der Waals surface area contributed by atoms with Crippen molar-refractivity contribution in [2.24, 2.45) is 0 Å². The van der Waals surface area contributed by atoms with Crippen molar-refractivity contribution in [3.63, 3.8) is 0 Å². The quantitative estimate of drug-likeness (QED) is 0.790. The maximum Gasteiger partial charge on any atom is 0.241 e. The summed E-state index contributed by atoms with van der Waals surface area (Å²) in [7, 11) is -0.436. The van der Waals surface area contributed by atoms with Crippen molar-refractivity contribution in [2.75, 3.05) is 27.2 Å². The molecule has 1 saturated heterocycles. The van der Waals surface area contributed by atoms with E-state index in [-0.39, 0.29) is 30.4 Å². The van der Waals surface area contributed by atoms with Crippen LogP contribution < -0.4 is 5.32 Å². The summed E-state index contributed by atoms with van der Waals surface area (Å²) >= 11 is 0. The van der Waals surface area contributed by atoms with Gasteiger partial charge >= 0.3 is 0 Å². The SMILES string of the molecule is CC1CN(S(=O)(=O)C(C)C(=O)N(C)C)CC(C)N1.Cl. The normalized spacial score (nSPS) is 26.4. The van der Waals surface area contributed by atoms with E-state index in [4.69, 9.17) is 0 Å². The summed E-state index contributed by atoms with van der Waals surface area (Å²) in [5, 5.41) is 2.25. The van der Waals surface area contributed by atoms with Crippen LogP contribution in [0.25, 0.3) is 0 Å². The number of carbonyl (C=O) groups excluding carboxylic acids is 1. The second-order valence-electron chi connectivity index (χ2n) is 5.21. The summed E-state index contributed by atoms with van der Waals surface area (Å²) in [4.78, 5) is 13.1. The third-order valence-corrected chi connectivity index (χ3v) is 5.23. The minimum atomic E-state index is -3.57. The Morgan fingerprint density at radius 1 is 1.26 bits per heavy atom. The lowest BCUT2D eigenvalue weighted by Gasteiger charge is -2.36. The van der Waals surface area contributed by atoms with Gasteiger partial charge in [-0.15, -0.1) is 12.4 Å². The van der Waals surface area contributed by atoms with Crippen LogP contribution in [0.15, 0.2) is 0 Å². The first kappa shape index (κ1) is 18.6. The number of nitrogens with zero attached hydrogens (tertiary/aromatic N) is 2. The zero-order valence-electron chi connectivity index (χ0n) is 12.1. The van der Waals surface area contributed by atoms with Crippen LogP contribution in [0, 0.1) is 0 Å². The van der Waals surface area contributed by atoms with Gasteiger partial charge in [-0.3, -0.25) is 4.79 Å². The second kappa shape index (κ2) is 6.88. The van der Waals surface area contributed by atoms with Gasteiger partial charge in [0, 0.05) is 39.3 Å². The van der Waals surface area contributed by atoms with Gasteiger partial charge in [0.05, 0.1) is 0 Å². The predicted octanol–water partition coefficient (Wildman–Crippen LogP) is -0.103. The Hall–Kier alpha value is -0.370. The molecule has 0 spiro atoms.